The Kier molecular flexibility index (Phi) is 4.54. The zero-order valence-corrected chi connectivity index (χ0v) is 12.6. The van der Waals surface area contributed by atoms with E-state index in [1.54, 1.807) is 0 Å². The van der Waals surface area contributed by atoms with Crippen molar-refractivity contribution in [2.45, 2.75) is 17.1 Å². The number of carbonyl (C=O) groups is 1. The number of β-amino-alcohol motifs (C(OH)–C–C–N with tert-alkyl or cyclic N) is 2. The highest BCUT2D eigenvalue weighted by Crippen LogP contribution is 2.28. The first kappa shape index (κ1) is 16.2. The molecule has 7 nitrogen and oxygen atoms in total. The number of ether oxygens (including phenoxy) is 1. The average molecular weight is 336 g/mol. The number of hydrogen-bond acceptors (Lipinski definition) is 6. The van der Waals surface area contributed by atoms with Gasteiger partial charge in [0.05, 0.1) is 29.9 Å². The number of aliphatic hydroxyl groups excluding tert-OH is 2. The van der Waals surface area contributed by atoms with Crippen LogP contribution in [0.5, 0.6) is 0 Å². The van der Waals surface area contributed by atoms with E-state index in [0.29, 0.717) is 0 Å². The van der Waals surface area contributed by atoms with Crippen molar-refractivity contribution >= 4 is 27.6 Å². The van der Waals surface area contributed by atoms with Crippen LogP contribution in [0.1, 0.15) is 10.4 Å². The summed E-state index contributed by atoms with van der Waals surface area (Å²) in [5.41, 5.74) is 0.0424. The molecule has 2 rings (SSSR count). The van der Waals surface area contributed by atoms with Crippen molar-refractivity contribution in [2.75, 3.05) is 20.2 Å². The van der Waals surface area contributed by atoms with Crippen molar-refractivity contribution < 1.29 is 28.2 Å². The zero-order chi connectivity index (χ0) is 15.8. The van der Waals surface area contributed by atoms with Crippen LogP contribution in [0.2, 0.25) is 5.02 Å². The molecular formula is C12H14ClNO6S. The lowest BCUT2D eigenvalue weighted by molar-refractivity contribution is 0.0572. The van der Waals surface area contributed by atoms with E-state index in [-0.39, 0.29) is 28.6 Å². The zero-order valence-electron chi connectivity index (χ0n) is 11.1. The number of methoxy groups -OCH3 is 1. The lowest BCUT2D eigenvalue weighted by atomic mass is 10.2. The van der Waals surface area contributed by atoms with Crippen LogP contribution < -0.4 is 0 Å². The maximum Gasteiger partial charge on any atom is 0.337 e. The predicted octanol–water partition coefficient (Wildman–Crippen LogP) is -0.147. The summed E-state index contributed by atoms with van der Waals surface area (Å²) in [5, 5.41) is 18.9. The van der Waals surface area contributed by atoms with E-state index in [4.69, 9.17) is 11.6 Å². The third-order valence-corrected chi connectivity index (χ3v) is 5.51. The van der Waals surface area contributed by atoms with Gasteiger partial charge in [0.25, 0.3) is 0 Å². The fraction of sp³-hybridized carbons (Fsp3) is 0.417. The fourth-order valence-corrected chi connectivity index (χ4v) is 3.99. The highest BCUT2D eigenvalue weighted by atomic mass is 35.5. The fourth-order valence-electron chi connectivity index (χ4n) is 2.02. The number of esters is 1. The highest BCUT2D eigenvalue weighted by Gasteiger charge is 2.38. The minimum atomic E-state index is -4.03. The van der Waals surface area contributed by atoms with Gasteiger partial charge in [0.2, 0.25) is 10.0 Å². The molecule has 2 atom stereocenters. The second-order valence-electron chi connectivity index (χ2n) is 4.59. The van der Waals surface area contributed by atoms with E-state index in [9.17, 15) is 23.4 Å². The van der Waals surface area contributed by atoms with E-state index in [2.05, 4.69) is 4.74 Å². The molecule has 1 aromatic carbocycles. The van der Waals surface area contributed by atoms with Gasteiger partial charge in [-0.2, -0.15) is 4.31 Å². The normalized spacial score (nSPS) is 23.2. The molecule has 1 heterocycles. The number of benzene rings is 1. The molecule has 0 aromatic heterocycles. The summed E-state index contributed by atoms with van der Waals surface area (Å²) in [6.45, 7) is -0.468. The molecule has 0 radical (unpaired) electrons. The molecule has 2 N–H and O–H groups in total. The maximum absolute atomic E-state index is 12.5. The Morgan fingerprint density at radius 1 is 1.33 bits per heavy atom. The molecular weight excluding hydrogens is 322 g/mol. The number of sulfonamides is 1. The van der Waals surface area contributed by atoms with Gasteiger partial charge in [0.15, 0.2) is 0 Å². The van der Waals surface area contributed by atoms with E-state index < -0.39 is 28.2 Å². The topological polar surface area (TPSA) is 104 Å². The molecule has 1 aromatic rings. The molecule has 0 aliphatic carbocycles. The largest absolute Gasteiger partial charge is 0.465 e. The van der Waals surface area contributed by atoms with Crippen LogP contribution in [-0.2, 0) is 14.8 Å². The lowest BCUT2D eigenvalue weighted by Crippen LogP contribution is -2.30. The van der Waals surface area contributed by atoms with Crippen molar-refractivity contribution in [1.29, 1.82) is 0 Å². The SMILES string of the molecule is COC(=O)c1ccc(Cl)c(S(=O)(=O)N2C[C@@H](O)[C@@H](O)C2)c1. The Balaban J connectivity index is 2.43. The van der Waals surface area contributed by atoms with Crippen molar-refractivity contribution in [3.8, 4) is 0 Å². The van der Waals surface area contributed by atoms with Crippen molar-refractivity contribution in [1.82, 2.24) is 4.31 Å². The Labute approximate surface area is 126 Å². The second-order valence-corrected chi connectivity index (χ2v) is 6.91. The van der Waals surface area contributed by atoms with Gasteiger partial charge in [-0.1, -0.05) is 11.6 Å². The van der Waals surface area contributed by atoms with Crippen LogP contribution in [0.3, 0.4) is 0 Å². The van der Waals surface area contributed by atoms with Crippen LogP contribution >= 0.6 is 11.6 Å². The first-order valence-electron chi connectivity index (χ1n) is 6.01. The molecule has 1 aliphatic rings. The van der Waals surface area contributed by atoms with E-state index >= 15 is 0 Å². The third-order valence-electron chi connectivity index (χ3n) is 3.20. The van der Waals surface area contributed by atoms with Crippen molar-refractivity contribution in [3.63, 3.8) is 0 Å². The van der Waals surface area contributed by atoms with Gasteiger partial charge in [-0.05, 0) is 18.2 Å². The summed E-state index contributed by atoms with van der Waals surface area (Å²) >= 11 is 5.90. The van der Waals surface area contributed by atoms with Crippen LogP contribution in [0.25, 0.3) is 0 Å². The van der Waals surface area contributed by atoms with E-state index in [0.717, 1.165) is 10.4 Å². The van der Waals surface area contributed by atoms with Crippen LogP contribution in [-0.4, -0.2) is 61.3 Å². The molecule has 9 heteroatoms. The van der Waals surface area contributed by atoms with Gasteiger partial charge in [0, 0.05) is 13.1 Å². The first-order valence-corrected chi connectivity index (χ1v) is 7.83. The number of aliphatic hydroxyl groups is 2. The minimum absolute atomic E-state index is 0.0424. The smallest absolute Gasteiger partial charge is 0.337 e. The maximum atomic E-state index is 12.5. The van der Waals surface area contributed by atoms with E-state index in [1.165, 1.54) is 19.2 Å². The van der Waals surface area contributed by atoms with Crippen LogP contribution in [0, 0.1) is 0 Å². The predicted molar refractivity (Wildman–Crippen MR) is 73.6 cm³/mol. The van der Waals surface area contributed by atoms with Gasteiger partial charge >= 0.3 is 5.97 Å². The highest BCUT2D eigenvalue weighted by molar-refractivity contribution is 7.89. The number of hydrogen-bond donors (Lipinski definition) is 2. The lowest BCUT2D eigenvalue weighted by Gasteiger charge is -2.17. The summed E-state index contributed by atoms with van der Waals surface area (Å²) < 4.78 is 30.4. The van der Waals surface area contributed by atoms with Crippen LogP contribution in [0.15, 0.2) is 23.1 Å². The number of nitrogens with zero attached hydrogens (tertiary/aromatic N) is 1. The Morgan fingerprint density at radius 2 is 1.90 bits per heavy atom. The Bertz CT molecular complexity index is 652. The quantitative estimate of drug-likeness (QED) is 0.745. The Hall–Kier alpha value is -1.19. The number of rotatable bonds is 3. The van der Waals surface area contributed by atoms with Gasteiger partial charge < -0.3 is 14.9 Å². The molecule has 1 aliphatic heterocycles. The van der Waals surface area contributed by atoms with Gasteiger partial charge in [-0.25, -0.2) is 13.2 Å². The van der Waals surface area contributed by atoms with Gasteiger partial charge in [-0.15, -0.1) is 0 Å². The van der Waals surface area contributed by atoms with Gasteiger partial charge in [0.1, 0.15) is 4.90 Å². The van der Waals surface area contributed by atoms with Crippen LogP contribution in [0.4, 0.5) is 0 Å². The summed E-state index contributed by atoms with van der Waals surface area (Å²) in [5.74, 6) is -0.690. The summed E-state index contributed by atoms with van der Waals surface area (Å²) in [6.07, 6.45) is -2.30. The standard InChI is InChI=1S/C12H14ClNO6S/c1-20-12(17)7-2-3-8(13)11(4-7)21(18,19)14-5-9(15)10(16)6-14/h2-4,9-10,15-16H,5-6H2,1H3/t9-,10+. The Morgan fingerprint density at radius 3 is 2.43 bits per heavy atom. The molecule has 116 valence electrons. The molecule has 0 unspecified atom stereocenters. The molecule has 0 bridgehead atoms. The molecule has 0 saturated carbocycles. The number of halogens is 1. The molecule has 0 amide bonds. The molecule has 21 heavy (non-hydrogen) atoms. The second kappa shape index (κ2) is 5.90. The summed E-state index contributed by atoms with van der Waals surface area (Å²) in [4.78, 5) is 11.2. The molecule has 1 saturated heterocycles. The number of carbonyl (C=O) groups excluding carboxylic acids is 1. The minimum Gasteiger partial charge on any atom is -0.465 e. The third kappa shape index (κ3) is 3.04. The molecule has 1 fully saturated rings. The average Bonchev–Trinajstić information content (AvgIpc) is 2.79. The summed E-state index contributed by atoms with van der Waals surface area (Å²) in [7, 11) is -2.85. The first-order chi connectivity index (χ1) is 9.77. The van der Waals surface area contributed by atoms with E-state index in [1.807, 2.05) is 0 Å². The monoisotopic (exact) mass is 335 g/mol. The van der Waals surface area contributed by atoms with Gasteiger partial charge in [-0.3, -0.25) is 0 Å². The molecule has 0 spiro atoms. The summed E-state index contributed by atoms with van der Waals surface area (Å²) in [6, 6.07) is 3.74. The van der Waals surface area contributed by atoms with Crippen molar-refractivity contribution in [3.05, 3.63) is 28.8 Å². The van der Waals surface area contributed by atoms with Crippen molar-refractivity contribution in [2.24, 2.45) is 0 Å².